The summed E-state index contributed by atoms with van der Waals surface area (Å²) in [5.41, 5.74) is 1.34. The molecule has 0 saturated heterocycles. The van der Waals surface area contributed by atoms with Gasteiger partial charge in [0.1, 0.15) is 5.75 Å². The van der Waals surface area contributed by atoms with E-state index in [4.69, 9.17) is 4.74 Å². The summed E-state index contributed by atoms with van der Waals surface area (Å²) in [6, 6.07) is 13.2. The fourth-order valence-electron chi connectivity index (χ4n) is 2.64. The molecule has 1 atom stereocenters. The number of fused-ring (bicyclic) bond motifs is 1. The van der Waals surface area contributed by atoms with Crippen molar-refractivity contribution in [3.05, 3.63) is 42.0 Å². The minimum atomic E-state index is 0.549. The molecule has 0 aliphatic heterocycles. The normalized spacial score (nSPS) is 12.8. The maximum Gasteiger partial charge on any atom is 0.126 e. The molecule has 2 nitrogen and oxygen atoms in total. The molecule has 1 unspecified atom stereocenters. The van der Waals surface area contributed by atoms with E-state index in [-0.39, 0.29) is 0 Å². The SMILES string of the molecule is COc1ccc(CNC(C)CCC(C)C)c2ccccc12. The number of rotatable bonds is 7. The van der Waals surface area contributed by atoms with Crippen molar-refractivity contribution in [1.82, 2.24) is 5.32 Å². The van der Waals surface area contributed by atoms with Gasteiger partial charge in [-0.1, -0.05) is 44.2 Å². The zero-order valence-electron chi connectivity index (χ0n) is 13.6. The molecule has 0 radical (unpaired) electrons. The van der Waals surface area contributed by atoms with E-state index in [0.29, 0.717) is 6.04 Å². The van der Waals surface area contributed by atoms with Gasteiger partial charge in [0.25, 0.3) is 0 Å². The molecule has 0 aliphatic rings. The quantitative estimate of drug-likeness (QED) is 0.791. The summed E-state index contributed by atoms with van der Waals surface area (Å²) in [4.78, 5) is 0. The Morgan fingerprint density at radius 1 is 0.952 bits per heavy atom. The van der Waals surface area contributed by atoms with Gasteiger partial charge in [0.2, 0.25) is 0 Å². The average molecular weight is 285 g/mol. The minimum absolute atomic E-state index is 0.549. The minimum Gasteiger partial charge on any atom is -0.496 e. The molecule has 0 aromatic heterocycles. The summed E-state index contributed by atoms with van der Waals surface area (Å²) in [7, 11) is 1.73. The molecule has 2 aromatic carbocycles. The van der Waals surface area contributed by atoms with Gasteiger partial charge in [-0.2, -0.15) is 0 Å². The Morgan fingerprint density at radius 2 is 1.67 bits per heavy atom. The van der Waals surface area contributed by atoms with Gasteiger partial charge in [-0.3, -0.25) is 0 Å². The molecule has 0 amide bonds. The Kier molecular flexibility index (Phi) is 5.63. The molecule has 114 valence electrons. The van der Waals surface area contributed by atoms with Crippen LogP contribution in [0.5, 0.6) is 5.75 Å². The zero-order chi connectivity index (χ0) is 15.2. The lowest BCUT2D eigenvalue weighted by Gasteiger charge is -2.16. The van der Waals surface area contributed by atoms with Crippen LogP contribution in [0.25, 0.3) is 10.8 Å². The van der Waals surface area contributed by atoms with Crippen LogP contribution in [-0.4, -0.2) is 13.2 Å². The van der Waals surface area contributed by atoms with E-state index in [1.165, 1.54) is 29.2 Å². The largest absolute Gasteiger partial charge is 0.496 e. The second-order valence-electron chi connectivity index (χ2n) is 6.23. The summed E-state index contributed by atoms with van der Waals surface area (Å²) < 4.78 is 5.45. The second kappa shape index (κ2) is 7.46. The summed E-state index contributed by atoms with van der Waals surface area (Å²) >= 11 is 0. The van der Waals surface area contributed by atoms with Crippen molar-refractivity contribution < 1.29 is 4.74 Å². The molecule has 0 saturated carbocycles. The molecule has 0 heterocycles. The van der Waals surface area contributed by atoms with E-state index in [1.54, 1.807) is 7.11 Å². The van der Waals surface area contributed by atoms with E-state index in [2.05, 4.69) is 62.5 Å². The Hall–Kier alpha value is -1.54. The van der Waals surface area contributed by atoms with Crippen LogP contribution in [0, 0.1) is 5.92 Å². The Balaban J connectivity index is 2.09. The molecule has 0 fully saturated rings. The standard InChI is InChI=1S/C19H27NO/c1-14(2)9-10-15(3)20-13-16-11-12-19(21-4)18-8-6-5-7-17(16)18/h5-8,11-12,14-15,20H,9-10,13H2,1-4H3. The fourth-order valence-corrected chi connectivity index (χ4v) is 2.64. The molecule has 2 aromatic rings. The third-order valence-electron chi connectivity index (χ3n) is 4.01. The van der Waals surface area contributed by atoms with Gasteiger partial charge in [-0.15, -0.1) is 0 Å². The number of hydrogen-bond donors (Lipinski definition) is 1. The first kappa shape index (κ1) is 15.8. The maximum absolute atomic E-state index is 5.45. The monoisotopic (exact) mass is 285 g/mol. The number of ether oxygens (including phenoxy) is 1. The van der Waals surface area contributed by atoms with Gasteiger partial charge in [-0.05, 0) is 42.7 Å². The number of hydrogen-bond acceptors (Lipinski definition) is 2. The lowest BCUT2D eigenvalue weighted by Crippen LogP contribution is -2.25. The van der Waals surface area contributed by atoms with Crippen molar-refractivity contribution in [2.45, 2.75) is 46.2 Å². The van der Waals surface area contributed by atoms with Crippen molar-refractivity contribution in [1.29, 1.82) is 0 Å². The number of benzene rings is 2. The molecule has 1 N–H and O–H groups in total. The number of methoxy groups -OCH3 is 1. The summed E-state index contributed by atoms with van der Waals surface area (Å²) in [6.07, 6.45) is 2.50. The first-order chi connectivity index (χ1) is 10.1. The summed E-state index contributed by atoms with van der Waals surface area (Å²) in [5, 5.41) is 6.11. The van der Waals surface area contributed by atoms with Crippen molar-refractivity contribution in [2.24, 2.45) is 5.92 Å². The molecule has 0 bridgehead atoms. The highest BCUT2D eigenvalue weighted by atomic mass is 16.5. The highest BCUT2D eigenvalue weighted by molar-refractivity contribution is 5.91. The van der Waals surface area contributed by atoms with Crippen molar-refractivity contribution in [3.63, 3.8) is 0 Å². The van der Waals surface area contributed by atoms with Crippen molar-refractivity contribution in [2.75, 3.05) is 7.11 Å². The highest BCUT2D eigenvalue weighted by Crippen LogP contribution is 2.28. The van der Waals surface area contributed by atoms with Crippen LogP contribution in [0.15, 0.2) is 36.4 Å². The molecule has 2 rings (SSSR count). The Morgan fingerprint density at radius 3 is 2.33 bits per heavy atom. The van der Waals surface area contributed by atoms with Crippen LogP contribution in [0.1, 0.15) is 39.2 Å². The molecule has 21 heavy (non-hydrogen) atoms. The Labute approximate surface area is 128 Å². The van der Waals surface area contributed by atoms with Gasteiger partial charge in [0.15, 0.2) is 0 Å². The second-order valence-corrected chi connectivity index (χ2v) is 6.23. The molecule has 0 aliphatic carbocycles. The maximum atomic E-state index is 5.45. The van der Waals surface area contributed by atoms with Gasteiger partial charge in [0.05, 0.1) is 7.11 Å². The Bertz CT molecular complexity index is 577. The topological polar surface area (TPSA) is 21.3 Å². The van der Waals surface area contributed by atoms with Gasteiger partial charge in [0, 0.05) is 18.0 Å². The predicted molar refractivity (Wildman–Crippen MR) is 90.9 cm³/mol. The van der Waals surface area contributed by atoms with Gasteiger partial charge < -0.3 is 10.1 Å². The third-order valence-corrected chi connectivity index (χ3v) is 4.01. The van der Waals surface area contributed by atoms with Crippen molar-refractivity contribution >= 4 is 10.8 Å². The number of nitrogens with one attached hydrogen (secondary N) is 1. The zero-order valence-corrected chi connectivity index (χ0v) is 13.6. The smallest absolute Gasteiger partial charge is 0.126 e. The van der Waals surface area contributed by atoms with Crippen LogP contribution >= 0.6 is 0 Å². The molecular weight excluding hydrogens is 258 g/mol. The lowest BCUT2D eigenvalue weighted by molar-refractivity contribution is 0.419. The summed E-state index contributed by atoms with van der Waals surface area (Å²) in [5.74, 6) is 1.72. The summed E-state index contributed by atoms with van der Waals surface area (Å²) in [6.45, 7) is 7.74. The highest BCUT2D eigenvalue weighted by Gasteiger charge is 2.08. The van der Waals surface area contributed by atoms with E-state index in [9.17, 15) is 0 Å². The van der Waals surface area contributed by atoms with Crippen molar-refractivity contribution in [3.8, 4) is 5.75 Å². The third kappa shape index (κ3) is 4.21. The molecule has 2 heteroatoms. The molecule has 0 spiro atoms. The van der Waals surface area contributed by atoms with Gasteiger partial charge in [-0.25, -0.2) is 0 Å². The predicted octanol–water partition coefficient (Wildman–Crippen LogP) is 4.76. The first-order valence-corrected chi connectivity index (χ1v) is 7.89. The van der Waals surface area contributed by atoms with Crippen LogP contribution in [-0.2, 0) is 6.54 Å². The first-order valence-electron chi connectivity index (χ1n) is 7.89. The van der Waals surface area contributed by atoms with Crippen LogP contribution < -0.4 is 10.1 Å². The molecular formula is C19H27NO. The lowest BCUT2D eigenvalue weighted by atomic mass is 10.0. The van der Waals surface area contributed by atoms with E-state index in [0.717, 1.165) is 18.2 Å². The van der Waals surface area contributed by atoms with Crippen LogP contribution in [0.3, 0.4) is 0 Å². The fraction of sp³-hybridized carbons (Fsp3) is 0.474. The van der Waals surface area contributed by atoms with E-state index < -0.39 is 0 Å². The van der Waals surface area contributed by atoms with Crippen LogP contribution in [0.4, 0.5) is 0 Å². The van der Waals surface area contributed by atoms with E-state index >= 15 is 0 Å². The average Bonchev–Trinajstić information content (AvgIpc) is 2.50. The van der Waals surface area contributed by atoms with E-state index in [1.807, 2.05) is 0 Å². The van der Waals surface area contributed by atoms with Crippen LogP contribution in [0.2, 0.25) is 0 Å². The van der Waals surface area contributed by atoms with Gasteiger partial charge >= 0.3 is 0 Å².